The van der Waals surface area contributed by atoms with E-state index in [-0.39, 0.29) is 6.03 Å². The maximum absolute atomic E-state index is 12.0. The molecule has 92 valence electrons. The molecule has 0 aliphatic carbocycles. The van der Waals surface area contributed by atoms with Gasteiger partial charge in [-0.3, -0.25) is 0 Å². The average Bonchev–Trinajstić information content (AvgIpc) is 2.81. The maximum atomic E-state index is 12.0. The van der Waals surface area contributed by atoms with Crippen LogP contribution in [0.4, 0.5) is 16.2 Å². The second kappa shape index (κ2) is 5.31. The van der Waals surface area contributed by atoms with E-state index in [0.29, 0.717) is 11.7 Å². The molecule has 0 radical (unpaired) electrons. The van der Waals surface area contributed by atoms with Gasteiger partial charge in [-0.05, 0) is 30.4 Å². The zero-order chi connectivity index (χ0) is 12.3. The van der Waals surface area contributed by atoms with Gasteiger partial charge in [0.05, 0.1) is 0 Å². The van der Waals surface area contributed by atoms with Gasteiger partial charge in [0.15, 0.2) is 0 Å². The molecule has 0 aromatic heterocycles. The monoisotopic (exact) mass is 251 g/mol. The van der Waals surface area contributed by atoms with Gasteiger partial charge in [-0.25, -0.2) is 4.79 Å². The van der Waals surface area contributed by atoms with Crippen molar-refractivity contribution in [2.24, 2.45) is 0 Å². The first-order chi connectivity index (χ1) is 8.16. The van der Waals surface area contributed by atoms with Gasteiger partial charge in [0.2, 0.25) is 0 Å². The molecule has 1 aromatic carbocycles. The number of carbonyl (C=O) groups is 1. The molecule has 1 aliphatic rings. The number of benzene rings is 1. The lowest BCUT2D eigenvalue weighted by molar-refractivity contribution is 0.209. The van der Waals surface area contributed by atoms with Crippen LogP contribution >= 0.6 is 11.8 Å². The fraction of sp³-hybridized carbons (Fsp3) is 0.417. The van der Waals surface area contributed by atoms with Gasteiger partial charge in [0.25, 0.3) is 0 Å². The molecular weight excluding hydrogens is 234 g/mol. The summed E-state index contributed by atoms with van der Waals surface area (Å²) in [6.07, 6.45) is 1.07. The fourth-order valence-corrected chi connectivity index (χ4v) is 3.09. The van der Waals surface area contributed by atoms with Gasteiger partial charge in [-0.15, -0.1) is 0 Å². The van der Waals surface area contributed by atoms with Gasteiger partial charge < -0.3 is 16.0 Å². The van der Waals surface area contributed by atoms with E-state index in [2.05, 4.69) is 5.32 Å². The molecule has 2 amide bonds. The lowest BCUT2D eigenvalue weighted by Gasteiger charge is -2.24. The Bertz CT molecular complexity index is 404. The lowest BCUT2D eigenvalue weighted by Crippen LogP contribution is -2.39. The van der Waals surface area contributed by atoms with Gasteiger partial charge in [0.1, 0.15) is 0 Å². The van der Waals surface area contributed by atoms with Crippen molar-refractivity contribution in [2.75, 3.05) is 29.6 Å². The molecule has 3 N–H and O–H groups in total. The fourth-order valence-electron chi connectivity index (χ4n) is 1.82. The SMILES string of the molecule is CN(C(=O)Nc1cccc(N)c1)C1CCSC1. The summed E-state index contributed by atoms with van der Waals surface area (Å²) in [7, 11) is 1.85. The topological polar surface area (TPSA) is 58.4 Å². The van der Waals surface area contributed by atoms with E-state index in [0.717, 1.165) is 23.6 Å². The van der Waals surface area contributed by atoms with Crippen LogP contribution in [0.1, 0.15) is 6.42 Å². The van der Waals surface area contributed by atoms with E-state index >= 15 is 0 Å². The van der Waals surface area contributed by atoms with Gasteiger partial charge in [-0.1, -0.05) is 6.07 Å². The highest BCUT2D eigenvalue weighted by Crippen LogP contribution is 2.22. The maximum Gasteiger partial charge on any atom is 0.321 e. The predicted molar refractivity (Wildman–Crippen MR) is 73.4 cm³/mol. The number of hydrogen-bond acceptors (Lipinski definition) is 3. The molecule has 1 saturated heterocycles. The zero-order valence-corrected chi connectivity index (χ0v) is 10.7. The molecule has 5 heteroatoms. The summed E-state index contributed by atoms with van der Waals surface area (Å²) in [6, 6.07) is 7.51. The molecule has 0 bridgehead atoms. The molecule has 1 heterocycles. The van der Waals surface area contributed by atoms with Gasteiger partial charge in [0, 0.05) is 30.2 Å². The molecule has 1 aliphatic heterocycles. The third kappa shape index (κ3) is 3.06. The number of rotatable bonds is 2. The Labute approximate surface area is 106 Å². The predicted octanol–water partition coefficient (Wildman–Crippen LogP) is 2.24. The van der Waals surface area contributed by atoms with Crippen molar-refractivity contribution in [3.63, 3.8) is 0 Å². The first-order valence-corrected chi connectivity index (χ1v) is 6.79. The number of carbonyl (C=O) groups excluding carboxylic acids is 1. The minimum absolute atomic E-state index is 0.0666. The summed E-state index contributed by atoms with van der Waals surface area (Å²) in [4.78, 5) is 13.8. The molecule has 1 atom stereocenters. The summed E-state index contributed by atoms with van der Waals surface area (Å²) in [5, 5.41) is 2.86. The molecule has 0 saturated carbocycles. The number of amides is 2. The lowest BCUT2D eigenvalue weighted by atomic mass is 10.2. The summed E-state index contributed by atoms with van der Waals surface area (Å²) >= 11 is 1.89. The van der Waals surface area contributed by atoms with Gasteiger partial charge in [-0.2, -0.15) is 11.8 Å². The van der Waals surface area contributed by atoms with Crippen molar-refractivity contribution in [3.05, 3.63) is 24.3 Å². The smallest absolute Gasteiger partial charge is 0.321 e. The Kier molecular flexibility index (Phi) is 3.78. The minimum Gasteiger partial charge on any atom is -0.399 e. The zero-order valence-electron chi connectivity index (χ0n) is 9.85. The van der Waals surface area contributed by atoms with Crippen LogP contribution in [0, 0.1) is 0 Å². The largest absolute Gasteiger partial charge is 0.399 e. The third-order valence-corrected chi connectivity index (χ3v) is 4.06. The number of urea groups is 1. The third-order valence-electron chi connectivity index (χ3n) is 2.91. The number of thioether (sulfide) groups is 1. The summed E-state index contributed by atoms with van der Waals surface area (Å²) in [5.74, 6) is 2.17. The normalized spacial score (nSPS) is 19.0. The van der Waals surface area contributed by atoms with Crippen molar-refractivity contribution < 1.29 is 4.79 Å². The first-order valence-electron chi connectivity index (χ1n) is 5.64. The summed E-state index contributed by atoms with van der Waals surface area (Å²) < 4.78 is 0. The van der Waals surface area contributed by atoms with E-state index in [1.807, 2.05) is 30.9 Å². The second-order valence-corrected chi connectivity index (χ2v) is 5.33. The number of hydrogen-bond donors (Lipinski definition) is 2. The highest BCUT2D eigenvalue weighted by atomic mass is 32.2. The van der Waals surface area contributed by atoms with E-state index in [1.54, 1.807) is 17.0 Å². The molecule has 4 nitrogen and oxygen atoms in total. The van der Waals surface area contributed by atoms with Crippen molar-refractivity contribution in [1.29, 1.82) is 0 Å². The molecular formula is C12H17N3OS. The highest BCUT2D eigenvalue weighted by Gasteiger charge is 2.23. The quantitative estimate of drug-likeness (QED) is 0.792. The number of nitrogens with zero attached hydrogens (tertiary/aromatic N) is 1. The van der Waals surface area contributed by atoms with E-state index in [1.165, 1.54) is 0 Å². The van der Waals surface area contributed by atoms with Crippen LogP contribution in [0.5, 0.6) is 0 Å². The standard InChI is InChI=1S/C12H17N3OS/c1-15(11-5-6-17-8-11)12(16)14-10-4-2-3-9(13)7-10/h2-4,7,11H,5-6,8,13H2,1H3,(H,14,16). The Morgan fingerprint density at radius 1 is 1.59 bits per heavy atom. The molecule has 1 unspecified atom stereocenters. The van der Waals surface area contributed by atoms with Crippen LogP contribution < -0.4 is 11.1 Å². The Balaban J connectivity index is 1.96. The Hall–Kier alpha value is -1.36. The molecule has 2 rings (SSSR count). The first kappa shape index (κ1) is 12.1. The van der Waals surface area contributed by atoms with Crippen LogP contribution in [0.2, 0.25) is 0 Å². The molecule has 1 aromatic rings. The van der Waals surface area contributed by atoms with Crippen molar-refractivity contribution in [2.45, 2.75) is 12.5 Å². The van der Waals surface area contributed by atoms with Crippen LogP contribution in [0.3, 0.4) is 0 Å². The number of nitrogens with one attached hydrogen (secondary N) is 1. The van der Waals surface area contributed by atoms with Crippen LogP contribution in [-0.4, -0.2) is 35.5 Å². The molecule has 17 heavy (non-hydrogen) atoms. The number of nitrogens with two attached hydrogens (primary N) is 1. The van der Waals surface area contributed by atoms with Crippen molar-refractivity contribution in [1.82, 2.24) is 4.90 Å². The Morgan fingerprint density at radius 2 is 2.41 bits per heavy atom. The average molecular weight is 251 g/mol. The number of anilines is 2. The van der Waals surface area contributed by atoms with E-state index in [4.69, 9.17) is 5.73 Å². The summed E-state index contributed by atoms with van der Waals surface area (Å²) in [6.45, 7) is 0. The minimum atomic E-state index is -0.0666. The van der Waals surface area contributed by atoms with Gasteiger partial charge >= 0.3 is 6.03 Å². The van der Waals surface area contributed by atoms with Crippen LogP contribution in [0.15, 0.2) is 24.3 Å². The number of nitrogen functional groups attached to an aromatic ring is 1. The summed E-state index contributed by atoms with van der Waals surface area (Å²) in [5.41, 5.74) is 7.06. The van der Waals surface area contributed by atoms with Crippen molar-refractivity contribution >= 4 is 29.2 Å². The Morgan fingerprint density at radius 3 is 3.06 bits per heavy atom. The highest BCUT2D eigenvalue weighted by molar-refractivity contribution is 7.99. The van der Waals surface area contributed by atoms with Crippen molar-refractivity contribution in [3.8, 4) is 0 Å². The van der Waals surface area contributed by atoms with Crippen LogP contribution in [-0.2, 0) is 0 Å². The molecule has 1 fully saturated rings. The van der Waals surface area contributed by atoms with Crippen LogP contribution in [0.25, 0.3) is 0 Å². The molecule has 0 spiro atoms. The van der Waals surface area contributed by atoms with E-state index in [9.17, 15) is 4.79 Å². The second-order valence-electron chi connectivity index (χ2n) is 4.18. The van der Waals surface area contributed by atoms with E-state index < -0.39 is 0 Å².